The van der Waals surface area contributed by atoms with E-state index in [9.17, 15) is 9.18 Å². The van der Waals surface area contributed by atoms with Crippen LogP contribution in [0.3, 0.4) is 0 Å². The Balaban J connectivity index is 2.12. The summed E-state index contributed by atoms with van der Waals surface area (Å²) in [6.07, 6.45) is 2.88. The zero-order chi connectivity index (χ0) is 15.6. The molecule has 0 aliphatic heterocycles. The van der Waals surface area contributed by atoms with E-state index in [4.69, 9.17) is 4.74 Å². The molecule has 0 atom stereocenters. The second-order valence-electron chi connectivity index (χ2n) is 6.44. The molecule has 1 saturated carbocycles. The van der Waals surface area contributed by atoms with Crippen molar-refractivity contribution in [1.82, 2.24) is 4.90 Å². The Kier molecular flexibility index (Phi) is 5.11. The number of nitrogens with zero attached hydrogens (tertiary/aromatic N) is 1. The zero-order valence-electron chi connectivity index (χ0n) is 12.7. The molecular formula is C16H21FINO2. The summed E-state index contributed by atoms with van der Waals surface area (Å²) in [6, 6.07) is 5.20. The van der Waals surface area contributed by atoms with Crippen molar-refractivity contribution >= 4 is 28.7 Å². The summed E-state index contributed by atoms with van der Waals surface area (Å²) in [5.74, 6) is -0.230. The Hall–Kier alpha value is -0.850. The maximum Gasteiger partial charge on any atom is 0.410 e. The highest BCUT2D eigenvalue weighted by molar-refractivity contribution is 14.1. The molecule has 5 heteroatoms. The highest BCUT2D eigenvalue weighted by Gasteiger charge is 2.32. The van der Waals surface area contributed by atoms with Crippen LogP contribution in [0.2, 0.25) is 0 Å². The van der Waals surface area contributed by atoms with Crippen LogP contribution in [-0.2, 0) is 11.3 Å². The Bertz CT molecular complexity index is 523. The van der Waals surface area contributed by atoms with Gasteiger partial charge in [-0.15, -0.1) is 0 Å². The lowest BCUT2D eigenvalue weighted by Crippen LogP contribution is -2.46. The molecule has 0 unspecified atom stereocenters. The lowest BCUT2D eigenvalue weighted by atomic mass is 9.91. The predicted molar refractivity (Wildman–Crippen MR) is 88.5 cm³/mol. The van der Waals surface area contributed by atoms with Crippen LogP contribution in [0.1, 0.15) is 45.6 Å². The van der Waals surface area contributed by atoms with E-state index >= 15 is 0 Å². The molecule has 1 aliphatic carbocycles. The zero-order valence-corrected chi connectivity index (χ0v) is 14.8. The molecule has 2 rings (SSSR count). The largest absolute Gasteiger partial charge is 0.444 e. The third-order valence-corrected chi connectivity index (χ3v) is 4.31. The van der Waals surface area contributed by atoms with Gasteiger partial charge in [0.05, 0.1) is 0 Å². The van der Waals surface area contributed by atoms with Crippen LogP contribution in [-0.4, -0.2) is 22.6 Å². The summed E-state index contributed by atoms with van der Waals surface area (Å²) in [4.78, 5) is 14.2. The van der Waals surface area contributed by atoms with Gasteiger partial charge in [-0.2, -0.15) is 0 Å². The first-order chi connectivity index (χ1) is 9.76. The van der Waals surface area contributed by atoms with Crippen LogP contribution in [0.4, 0.5) is 9.18 Å². The van der Waals surface area contributed by atoms with Gasteiger partial charge in [-0.05, 0) is 80.3 Å². The molecule has 1 fully saturated rings. The van der Waals surface area contributed by atoms with Crippen LogP contribution >= 0.6 is 22.6 Å². The summed E-state index contributed by atoms with van der Waals surface area (Å²) >= 11 is 1.97. The fourth-order valence-electron chi connectivity index (χ4n) is 2.20. The van der Waals surface area contributed by atoms with Crippen molar-refractivity contribution in [2.45, 2.75) is 58.2 Å². The molecule has 21 heavy (non-hydrogen) atoms. The molecule has 1 aliphatic rings. The van der Waals surface area contributed by atoms with Crippen molar-refractivity contribution in [2.75, 3.05) is 0 Å². The predicted octanol–water partition coefficient (Wildman–Crippen LogP) is 4.72. The first-order valence-electron chi connectivity index (χ1n) is 7.20. The van der Waals surface area contributed by atoms with Gasteiger partial charge in [0.2, 0.25) is 0 Å². The maximum atomic E-state index is 13.3. The lowest BCUT2D eigenvalue weighted by Gasteiger charge is -2.38. The van der Waals surface area contributed by atoms with Gasteiger partial charge in [0.25, 0.3) is 0 Å². The van der Waals surface area contributed by atoms with Crippen molar-refractivity contribution in [3.63, 3.8) is 0 Å². The number of ether oxygens (including phenoxy) is 1. The van der Waals surface area contributed by atoms with E-state index in [-0.39, 0.29) is 18.0 Å². The van der Waals surface area contributed by atoms with E-state index in [0.717, 1.165) is 24.8 Å². The highest BCUT2D eigenvalue weighted by Crippen LogP contribution is 2.28. The van der Waals surface area contributed by atoms with Gasteiger partial charge in [-0.25, -0.2) is 9.18 Å². The van der Waals surface area contributed by atoms with Crippen LogP contribution < -0.4 is 0 Å². The molecule has 0 bridgehead atoms. The number of hydrogen-bond acceptors (Lipinski definition) is 2. The van der Waals surface area contributed by atoms with Crippen molar-refractivity contribution in [3.05, 3.63) is 33.1 Å². The van der Waals surface area contributed by atoms with E-state index in [1.807, 2.05) is 43.4 Å². The van der Waals surface area contributed by atoms with E-state index in [0.29, 0.717) is 10.1 Å². The molecule has 1 aromatic rings. The van der Waals surface area contributed by atoms with Crippen LogP contribution in [0.15, 0.2) is 18.2 Å². The number of carbonyl (C=O) groups excluding carboxylic acids is 1. The number of carbonyl (C=O) groups is 1. The number of amides is 1. The van der Waals surface area contributed by atoms with Crippen LogP contribution in [0, 0.1) is 9.39 Å². The topological polar surface area (TPSA) is 29.5 Å². The standard InChI is InChI=1S/C16H21FINO2/c1-16(2,3)21-15(20)19(12-5-4-6-12)10-11-7-8-13(17)14(18)9-11/h7-9,12H,4-6,10H2,1-3H3. The molecule has 0 aromatic heterocycles. The summed E-state index contributed by atoms with van der Waals surface area (Å²) in [6.45, 7) is 6.07. The average molecular weight is 405 g/mol. The first kappa shape index (κ1) is 16.5. The Morgan fingerprint density at radius 1 is 1.43 bits per heavy atom. The van der Waals surface area contributed by atoms with E-state index in [1.54, 1.807) is 17.0 Å². The van der Waals surface area contributed by atoms with Gasteiger partial charge in [-0.1, -0.05) is 6.07 Å². The minimum atomic E-state index is -0.504. The molecule has 0 radical (unpaired) electrons. The number of benzene rings is 1. The molecular weight excluding hydrogens is 384 g/mol. The maximum absolute atomic E-state index is 13.3. The molecule has 0 spiro atoms. The smallest absolute Gasteiger partial charge is 0.410 e. The normalized spacial score (nSPS) is 15.5. The molecule has 0 heterocycles. The lowest BCUT2D eigenvalue weighted by molar-refractivity contribution is 0.00461. The van der Waals surface area contributed by atoms with Gasteiger partial charge in [-0.3, -0.25) is 0 Å². The molecule has 0 saturated heterocycles. The van der Waals surface area contributed by atoms with Gasteiger partial charge in [0, 0.05) is 16.2 Å². The quantitative estimate of drug-likeness (QED) is 0.682. The molecule has 1 amide bonds. The summed E-state index contributed by atoms with van der Waals surface area (Å²) in [5.41, 5.74) is 0.426. The third kappa shape index (κ3) is 4.56. The second-order valence-corrected chi connectivity index (χ2v) is 7.60. The van der Waals surface area contributed by atoms with Crippen LogP contribution in [0.5, 0.6) is 0 Å². The van der Waals surface area contributed by atoms with Crippen molar-refractivity contribution in [2.24, 2.45) is 0 Å². The van der Waals surface area contributed by atoms with Gasteiger partial charge < -0.3 is 9.64 Å². The molecule has 3 nitrogen and oxygen atoms in total. The Morgan fingerprint density at radius 2 is 2.10 bits per heavy atom. The van der Waals surface area contributed by atoms with E-state index < -0.39 is 5.60 Å². The number of hydrogen-bond donors (Lipinski definition) is 0. The molecule has 1 aromatic carbocycles. The summed E-state index contributed by atoms with van der Waals surface area (Å²) in [7, 11) is 0. The van der Waals surface area contributed by atoms with Gasteiger partial charge >= 0.3 is 6.09 Å². The minimum Gasteiger partial charge on any atom is -0.444 e. The van der Waals surface area contributed by atoms with E-state index in [1.165, 1.54) is 6.07 Å². The Morgan fingerprint density at radius 3 is 2.57 bits per heavy atom. The fraction of sp³-hybridized carbons (Fsp3) is 0.562. The minimum absolute atomic E-state index is 0.230. The average Bonchev–Trinajstić information content (AvgIpc) is 2.28. The summed E-state index contributed by atoms with van der Waals surface area (Å²) in [5, 5.41) is 0. The molecule has 116 valence electrons. The van der Waals surface area contributed by atoms with Crippen molar-refractivity contribution in [3.8, 4) is 0 Å². The highest BCUT2D eigenvalue weighted by atomic mass is 127. The molecule has 0 N–H and O–H groups in total. The van der Waals surface area contributed by atoms with Crippen LogP contribution in [0.25, 0.3) is 0 Å². The first-order valence-corrected chi connectivity index (χ1v) is 8.28. The second kappa shape index (κ2) is 6.50. The fourth-order valence-corrected chi connectivity index (χ4v) is 2.78. The third-order valence-electron chi connectivity index (χ3n) is 3.48. The van der Waals surface area contributed by atoms with E-state index in [2.05, 4.69) is 0 Å². The van der Waals surface area contributed by atoms with Crippen molar-refractivity contribution < 1.29 is 13.9 Å². The number of rotatable bonds is 3. The van der Waals surface area contributed by atoms with Gasteiger partial charge in [0.15, 0.2) is 0 Å². The summed E-state index contributed by atoms with van der Waals surface area (Å²) < 4.78 is 19.4. The monoisotopic (exact) mass is 405 g/mol. The Labute approximate surface area is 139 Å². The van der Waals surface area contributed by atoms with Gasteiger partial charge in [0.1, 0.15) is 11.4 Å². The number of halogens is 2. The SMILES string of the molecule is CC(C)(C)OC(=O)N(Cc1ccc(F)c(I)c1)C1CCC1. The van der Waals surface area contributed by atoms with Crippen molar-refractivity contribution in [1.29, 1.82) is 0 Å².